The van der Waals surface area contributed by atoms with Gasteiger partial charge in [0.2, 0.25) is 0 Å². The van der Waals surface area contributed by atoms with E-state index in [1.807, 2.05) is 4.90 Å². The summed E-state index contributed by atoms with van der Waals surface area (Å²) in [4.78, 5) is 30.3. The zero-order chi connectivity index (χ0) is 34.0. The average molecular weight is 690 g/mol. The molecule has 0 saturated carbocycles. The third kappa shape index (κ3) is 5.52. The van der Waals surface area contributed by atoms with Crippen molar-refractivity contribution in [3.8, 4) is 29.0 Å². The van der Waals surface area contributed by atoms with E-state index >= 15 is 4.39 Å². The van der Waals surface area contributed by atoms with Crippen molar-refractivity contribution in [2.45, 2.75) is 44.1 Å². The summed E-state index contributed by atoms with van der Waals surface area (Å²) in [6.45, 7) is 3.20. The van der Waals surface area contributed by atoms with Crippen LogP contribution in [0.5, 0.6) is 6.01 Å². The quantitative estimate of drug-likeness (QED) is 0.219. The van der Waals surface area contributed by atoms with Gasteiger partial charge in [-0.25, -0.2) is 18.2 Å². The molecule has 2 atom stereocenters. The first kappa shape index (κ1) is 32.2. The number of rotatable bonds is 5. The summed E-state index contributed by atoms with van der Waals surface area (Å²) < 4.78 is 96.2. The van der Waals surface area contributed by atoms with E-state index in [9.17, 15) is 26.7 Å². The largest absolute Gasteiger partial charge is 0.461 e. The van der Waals surface area contributed by atoms with Crippen LogP contribution in [0.2, 0.25) is 0 Å². The van der Waals surface area contributed by atoms with E-state index in [1.165, 1.54) is 11.8 Å². The van der Waals surface area contributed by atoms with Crippen molar-refractivity contribution in [2.24, 2.45) is 0 Å². The standard InChI is InChI=1S/C32H29F6N7O2S/c1-2-4-22(46)43-9-11-44(12-10-43)28-19-13-20(32(36,37)38)23(18-5-6-21(34)27-26(18)40-29(39)48-27)24(35)25(19)41-30(42-28)47-16-31-7-3-8-45(31)15-17(33)14-31/h5-6,13,17H,3,7-12,14-16H2,1H3,(H2,39,40). The summed E-state index contributed by atoms with van der Waals surface area (Å²) in [6.07, 6.45) is -4.33. The Kier molecular flexibility index (Phi) is 8.02. The zero-order valence-corrected chi connectivity index (χ0v) is 26.5. The molecule has 2 aromatic heterocycles. The van der Waals surface area contributed by atoms with Gasteiger partial charge in [-0.1, -0.05) is 17.3 Å². The number of nitrogens with two attached hydrogens (primary N) is 1. The number of alkyl halides is 4. The number of nitrogens with zero attached hydrogens (tertiary/aromatic N) is 6. The molecule has 0 radical (unpaired) electrons. The van der Waals surface area contributed by atoms with Crippen LogP contribution in [0.25, 0.3) is 32.2 Å². The lowest BCUT2D eigenvalue weighted by molar-refractivity contribution is -0.137. The highest BCUT2D eigenvalue weighted by Gasteiger charge is 2.49. The first-order valence-electron chi connectivity index (χ1n) is 15.3. The Balaban J connectivity index is 1.39. The van der Waals surface area contributed by atoms with Crippen LogP contribution < -0.4 is 15.4 Å². The summed E-state index contributed by atoms with van der Waals surface area (Å²) in [5.74, 6) is 2.54. The summed E-state index contributed by atoms with van der Waals surface area (Å²) in [6, 6.07) is 2.46. The predicted molar refractivity (Wildman–Crippen MR) is 168 cm³/mol. The smallest absolute Gasteiger partial charge is 0.417 e. The number of hydrogen-bond acceptors (Lipinski definition) is 9. The number of fused-ring (bicyclic) bond motifs is 3. The molecule has 252 valence electrons. The van der Waals surface area contributed by atoms with Crippen LogP contribution in [-0.2, 0) is 11.0 Å². The van der Waals surface area contributed by atoms with Crippen molar-refractivity contribution < 1.29 is 35.9 Å². The number of carbonyl (C=O) groups is 1. The molecule has 2 aromatic carbocycles. The summed E-state index contributed by atoms with van der Waals surface area (Å²) in [7, 11) is 0. The Bertz CT molecular complexity index is 2000. The minimum absolute atomic E-state index is 0.00211. The molecular weight excluding hydrogens is 660 g/mol. The predicted octanol–water partition coefficient (Wildman–Crippen LogP) is 5.41. The molecule has 3 fully saturated rings. The van der Waals surface area contributed by atoms with Gasteiger partial charge < -0.3 is 20.3 Å². The van der Waals surface area contributed by atoms with Gasteiger partial charge in [0.05, 0.1) is 21.3 Å². The van der Waals surface area contributed by atoms with Gasteiger partial charge in [0, 0.05) is 55.7 Å². The Hall–Kier alpha value is -4.36. The molecule has 3 saturated heterocycles. The van der Waals surface area contributed by atoms with E-state index in [0.717, 1.165) is 36.0 Å². The number of amides is 1. The van der Waals surface area contributed by atoms with Gasteiger partial charge >= 0.3 is 12.2 Å². The minimum Gasteiger partial charge on any atom is -0.461 e. The van der Waals surface area contributed by atoms with Crippen molar-refractivity contribution in [3.05, 3.63) is 35.4 Å². The van der Waals surface area contributed by atoms with E-state index in [2.05, 4.69) is 26.8 Å². The lowest BCUT2D eigenvalue weighted by Crippen LogP contribution is -2.48. The highest BCUT2D eigenvalue weighted by molar-refractivity contribution is 7.22. The molecule has 4 aromatic rings. The third-order valence-corrected chi connectivity index (χ3v) is 10.2. The Morgan fingerprint density at radius 1 is 1.12 bits per heavy atom. The van der Waals surface area contributed by atoms with Gasteiger partial charge in [-0.2, -0.15) is 23.1 Å². The van der Waals surface area contributed by atoms with Crippen LogP contribution in [0.4, 0.5) is 37.3 Å². The van der Waals surface area contributed by atoms with E-state index < -0.39 is 46.2 Å². The first-order chi connectivity index (χ1) is 22.9. The number of hydrogen-bond donors (Lipinski definition) is 1. The molecule has 5 heterocycles. The minimum atomic E-state index is -5.06. The first-order valence-corrected chi connectivity index (χ1v) is 16.1. The number of halogens is 6. The Morgan fingerprint density at radius 3 is 2.62 bits per heavy atom. The molecule has 9 nitrogen and oxygen atoms in total. The molecule has 3 aliphatic rings. The summed E-state index contributed by atoms with van der Waals surface area (Å²) in [5, 5.41) is -0.331. The summed E-state index contributed by atoms with van der Waals surface area (Å²) in [5.41, 5.74) is 2.00. The SMILES string of the molecule is CC#CC(=O)N1CCN(c2nc(OCC34CCCN3CC(F)C4)nc3c(F)c(-c4ccc(F)c5sc(N)nc45)c(C(F)(F)F)cc23)CC1. The molecule has 16 heteroatoms. The van der Waals surface area contributed by atoms with E-state index in [0.29, 0.717) is 13.0 Å². The number of aromatic nitrogens is 3. The number of carbonyl (C=O) groups excluding carboxylic acids is 1. The molecular formula is C32H29F6N7O2S. The molecule has 48 heavy (non-hydrogen) atoms. The van der Waals surface area contributed by atoms with Crippen molar-refractivity contribution in [3.63, 3.8) is 0 Å². The fourth-order valence-electron chi connectivity index (χ4n) is 7.13. The van der Waals surface area contributed by atoms with Crippen molar-refractivity contribution >= 4 is 49.3 Å². The second-order valence-electron chi connectivity index (χ2n) is 12.2. The number of benzene rings is 2. The highest BCUT2D eigenvalue weighted by atomic mass is 32.1. The van der Waals surface area contributed by atoms with Gasteiger partial charge in [0.25, 0.3) is 5.91 Å². The number of piperazine rings is 1. The Labute approximate surface area is 274 Å². The molecule has 2 unspecified atom stereocenters. The zero-order valence-electron chi connectivity index (χ0n) is 25.6. The molecule has 2 N–H and O–H groups in total. The highest BCUT2D eigenvalue weighted by Crippen LogP contribution is 2.46. The summed E-state index contributed by atoms with van der Waals surface area (Å²) >= 11 is 0.734. The van der Waals surface area contributed by atoms with Crippen LogP contribution in [0.1, 0.15) is 31.7 Å². The number of ether oxygens (including phenoxy) is 1. The lowest BCUT2D eigenvalue weighted by atomic mass is 9.95. The Morgan fingerprint density at radius 2 is 1.90 bits per heavy atom. The van der Waals surface area contributed by atoms with Crippen molar-refractivity contribution in [1.82, 2.24) is 24.8 Å². The molecule has 1 amide bonds. The third-order valence-electron chi connectivity index (χ3n) is 9.31. The monoisotopic (exact) mass is 689 g/mol. The van der Waals surface area contributed by atoms with Crippen LogP contribution in [0.3, 0.4) is 0 Å². The number of thiazole rings is 1. The second-order valence-corrected chi connectivity index (χ2v) is 13.2. The molecule has 0 spiro atoms. The van der Waals surface area contributed by atoms with Crippen molar-refractivity contribution in [1.29, 1.82) is 0 Å². The van der Waals surface area contributed by atoms with Gasteiger partial charge in [0.1, 0.15) is 29.9 Å². The maximum Gasteiger partial charge on any atom is 0.417 e. The van der Waals surface area contributed by atoms with E-state index in [4.69, 9.17) is 10.5 Å². The van der Waals surface area contributed by atoms with Gasteiger partial charge in [-0.15, -0.1) is 0 Å². The van der Waals surface area contributed by atoms with Crippen molar-refractivity contribution in [2.75, 3.05) is 56.5 Å². The molecule has 0 bridgehead atoms. The average Bonchev–Trinajstić information content (AvgIpc) is 3.72. The number of nitrogen functional groups attached to an aromatic ring is 1. The van der Waals surface area contributed by atoms with Gasteiger partial charge in [0.15, 0.2) is 10.9 Å². The maximum atomic E-state index is 16.8. The second kappa shape index (κ2) is 12.0. The number of anilines is 2. The van der Waals surface area contributed by atoms with Gasteiger partial charge in [-0.3, -0.25) is 9.69 Å². The van der Waals surface area contributed by atoms with Crippen LogP contribution >= 0.6 is 11.3 Å². The fraction of sp³-hybridized carbons (Fsp3) is 0.438. The lowest BCUT2D eigenvalue weighted by Gasteiger charge is -2.35. The fourth-order valence-corrected chi connectivity index (χ4v) is 7.90. The van der Waals surface area contributed by atoms with Gasteiger partial charge in [-0.05, 0) is 50.4 Å². The van der Waals surface area contributed by atoms with Crippen LogP contribution in [0.15, 0.2) is 18.2 Å². The normalized spacial score (nSPS) is 21.5. The molecule has 0 aliphatic carbocycles. The molecule has 7 rings (SSSR count). The van der Waals surface area contributed by atoms with Crippen LogP contribution in [-0.4, -0.2) is 88.2 Å². The van der Waals surface area contributed by atoms with E-state index in [1.54, 1.807) is 4.90 Å². The van der Waals surface area contributed by atoms with E-state index in [-0.39, 0.29) is 89.8 Å². The topological polar surface area (TPSA) is 101 Å². The maximum absolute atomic E-state index is 16.8. The van der Waals surface area contributed by atoms with Crippen LogP contribution in [0, 0.1) is 23.5 Å². The molecule has 3 aliphatic heterocycles.